The van der Waals surface area contributed by atoms with Gasteiger partial charge in [-0.05, 0) is 18.9 Å². The monoisotopic (exact) mass is 493 g/mol. The van der Waals surface area contributed by atoms with Crippen molar-refractivity contribution in [1.29, 1.82) is 0 Å². The molecular weight excluding hydrogens is 458 g/mol. The van der Waals surface area contributed by atoms with Gasteiger partial charge in [0, 0.05) is 32.2 Å². The predicted molar refractivity (Wildman–Crippen MR) is 133 cm³/mol. The molecular formula is C28H35N3O5. The van der Waals surface area contributed by atoms with Crippen LogP contribution in [0, 0.1) is 11.8 Å². The fourth-order valence-corrected chi connectivity index (χ4v) is 6.47. The second kappa shape index (κ2) is 9.82. The number of rotatable bonds is 7. The third-order valence-electron chi connectivity index (χ3n) is 8.07. The predicted octanol–water partition coefficient (Wildman–Crippen LogP) is 1.75. The zero-order valence-corrected chi connectivity index (χ0v) is 21.0. The van der Waals surface area contributed by atoms with Gasteiger partial charge in [-0.15, -0.1) is 0 Å². The number of fused-ring (bicyclic) bond motifs is 2. The highest BCUT2D eigenvalue weighted by atomic mass is 16.5. The number of nitrogens with zero attached hydrogens (tertiary/aromatic N) is 3. The van der Waals surface area contributed by atoms with Gasteiger partial charge in [-0.3, -0.25) is 14.4 Å². The van der Waals surface area contributed by atoms with E-state index in [-0.39, 0.29) is 36.9 Å². The summed E-state index contributed by atoms with van der Waals surface area (Å²) in [5.41, 5.74) is -0.233. The number of aliphatic hydroxyl groups excluding tert-OH is 1. The molecule has 4 aliphatic heterocycles. The van der Waals surface area contributed by atoms with Gasteiger partial charge in [-0.25, -0.2) is 0 Å². The highest BCUT2D eigenvalue weighted by Crippen LogP contribution is 2.53. The summed E-state index contributed by atoms with van der Waals surface area (Å²) in [4.78, 5) is 46.9. The Bertz CT molecular complexity index is 1070. The topological polar surface area (TPSA) is 90.4 Å². The molecule has 8 heteroatoms. The van der Waals surface area contributed by atoms with Gasteiger partial charge in [0.15, 0.2) is 0 Å². The lowest BCUT2D eigenvalue weighted by Crippen LogP contribution is -2.57. The zero-order chi connectivity index (χ0) is 25.4. The maximum absolute atomic E-state index is 14.0. The van der Waals surface area contributed by atoms with E-state index in [2.05, 4.69) is 6.92 Å². The van der Waals surface area contributed by atoms with Gasteiger partial charge in [0.25, 0.3) is 0 Å². The Morgan fingerprint density at radius 1 is 1.08 bits per heavy atom. The molecule has 6 atom stereocenters. The van der Waals surface area contributed by atoms with E-state index in [0.29, 0.717) is 19.6 Å². The van der Waals surface area contributed by atoms with Crippen LogP contribution in [0.15, 0.2) is 54.6 Å². The number of carbonyl (C=O) groups is 3. The number of carbonyl (C=O) groups excluding carboxylic acids is 3. The van der Waals surface area contributed by atoms with E-state index in [0.717, 1.165) is 18.4 Å². The van der Waals surface area contributed by atoms with Crippen LogP contribution in [0.2, 0.25) is 0 Å². The number of hydrogen-bond donors (Lipinski definition) is 1. The SMILES string of the molecule is CCCC(C)N1CC=C[C@]23O[C@@H]4C=CCN(Cc5ccccc5)C(=O)[C@@H]4[C@H]2C(=O)N(CCO)C3C1=O. The van der Waals surface area contributed by atoms with Crippen LogP contribution in [0.3, 0.4) is 0 Å². The van der Waals surface area contributed by atoms with Gasteiger partial charge >= 0.3 is 0 Å². The summed E-state index contributed by atoms with van der Waals surface area (Å²) < 4.78 is 6.60. The van der Waals surface area contributed by atoms with Gasteiger partial charge in [0.05, 0.1) is 24.5 Å². The van der Waals surface area contributed by atoms with Crippen molar-refractivity contribution in [2.75, 3.05) is 26.2 Å². The smallest absolute Gasteiger partial charge is 0.249 e. The first-order valence-corrected chi connectivity index (χ1v) is 13.0. The molecule has 2 unspecified atom stereocenters. The average molecular weight is 494 g/mol. The third kappa shape index (κ3) is 3.87. The standard InChI is InChI=1S/C28H35N3O5/c1-3-9-19(2)30-15-8-13-28-23(26(34)31(16-17-32)24(28)27(30)35)22-21(36-28)12-7-14-29(25(22)33)18-20-10-5-4-6-11-20/h4-8,10-13,19,21-24,32H,3,9,14-18H2,1-2H3/t19?,21-,22+,23+,24?,28+/m1/s1. The summed E-state index contributed by atoms with van der Waals surface area (Å²) in [6, 6.07) is 8.86. The van der Waals surface area contributed by atoms with Gasteiger partial charge in [-0.2, -0.15) is 0 Å². The van der Waals surface area contributed by atoms with Crippen molar-refractivity contribution in [3.8, 4) is 0 Å². The van der Waals surface area contributed by atoms with E-state index < -0.39 is 29.6 Å². The maximum atomic E-state index is 14.0. The fraction of sp³-hybridized carbons (Fsp3) is 0.536. The van der Waals surface area contributed by atoms with E-state index in [1.165, 1.54) is 4.90 Å². The van der Waals surface area contributed by atoms with Crippen molar-refractivity contribution in [1.82, 2.24) is 14.7 Å². The average Bonchev–Trinajstić information content (AvgIpc) is 3.17. The summed E-state index contributed by atoms with van der Waals surface area (Å²) in [5.74, 6) is -2.18. The minimum atomic E-state index is -1.24. The second-order valence-corrected chi connectivity index (χ2v) is 10.3. The van der Waals surface area contributed by atoms with Crippen LogP contribution in [0.4, 0.5) is 0 Å². The van der Waals surface area contributed by atoms with Crippen molar-refractivity contribution in [3.05, 3.63) is 60.2 Å². The molecule has 8 nitrogen and oxygen atoms in total. The van der Waals surface area contributed by atoms with Crippen molar-refractivity contribution >= 4 is 17.7 Å². The molecule has 5 rings (SSSR count). The van der Waals surface area contributed by atoms with Crippen molar-refractivity contribution < 1.29 is 24.2 Å². The molecule has 0 bridgehead atoms. The van der Waals surface area contributed by atoms with E-state index in [1.54, 1.807) is 9.80 Å². The normalized spacial score (nSPS) is 32.3. The molecule has 3 amide bonds. The van der Waals surface area contributed by atoms with Gasteiger partial charge in [0.1, 0.15) is 11.6 Å². The molecule has 0 saturated carbocycles. The Balaban J connectivity index is 1.53. The van der Waals surface area contributed by atoms with E-state index in [4.69, 9.17) is 4.74 Å². The number of aliphatic hydroxyl groups is 1. The molecule has 192 valence electrons. The first-order chi connectivity index (χ1) is 17.4. The summed E-state index contributed by atoms with van der Waals surface area (Å²) in [6.45, 7) is 5.14. The van der Waals surface area contributed by atoms with Crippen LogP contribution in [0.25, 0.3) is 0 Å². The second-order valence-electron chi connectivity index (χ2n) is 10.3. The molecule has 36 heavy (non-hydrogen) atoms. The van der Waals surface area contributed by atoms with Crippen molar-refractivity contribution in [2.45, 2.75) is 57.0 Å². The summed E-state index contributed by atoms with van der Waals surface area (Å²) >= 11 is 0. The molecule has 0 aliphatic carbocycles. The molecule has 2 fully saturated rings. The Morgan fingerprint density at radius 3 is 2.58 bits per heavy atom. The third-order valence-corrected chi connectivity index (χ3v) is 8.07. The molecule has 1 spiro atoms. The van der Waals surface area contributed by atoms with E-state index >= 15 is 0 Å². The molecule has 4 aliphatic rings. The first kappa shape index (κ1) is 24.7. The van der Waals surface area contributed by atoms with Crippen LogP contribution in [0.5, 0.6) is 0 Å². The first-order valence-electron chi connectivity index (χ1n) is 13.0. The molecule has 4 heterocycles. The quantitative estimate of drug-likeness (QED) is 0.585. The molecule has 0 radical (unpaired) electrons. The zero-order valence-electron chi connectivity index (χ0n) is 21.0. The number of ether oxygens (including phenoxy) is 1. The lowest BCUT2D eigenvalue weighted by Gasteiger charge is -2.37. The van der Waals surface area contributed by atoms with Crippen LogP contribution in [-0.2, 0) is 25.7 Å². The van der Waals surface area contributed by atoms with E-state index in [1.807, 2.05) is 61.6 Å². The summed E-state index contributed by atoms with van der Waals surface area (Å²) in [7, 11) is 0. The van der Waals surface area contributed by atoms with Crippen molar-refractivity contribution in [2.24, 2.45) is 11.8 Å². The van der Waals surface area contributed by atoms with Gasteiger partial charge in [-0.1, -0.05) is 68.0 Å². The maximum Gasteiger partial charge on any atom is 0.249 e. The minimum absolute atomic E-state index is 0.00204. The Hall–Kier alpha value is -2.97. The Kier molecular flexibility index (Phi) is 6.74. The molecule has 1 N–H and O–H groups in total. The van der Waals surface area contributed by atoms with Crippen LogP contribution in [-0.4, -0.2) is 87.6 Å². The van der Waals surface area contributed by atoms with E-state index in [9.17, 15) is 19.5 Å². The number of β-amino-alcohol motifs (C(OH)–C–C–N with tert-alkyl or cyclic N) is 1. The number of hydrogen-bond acceptors (Lipinski definition) is 5. The van der Waals surface area contributed by atoms with Gasteiger partial charge < -0.3 is 24.5 Å². The van der Waals surface area contributed by atoms with Crippen LogP contribution < -0.4 is 0 Å². The van der Waals surface area contributed by atoms with Crippen LogP contribution >= 0.6 is 0 Å². The number of amides is 3. The molecule has 2 saturated heterocycles. The Labute approximate surface area is 212 Å². The molecule has 1 aromatic rings. The molecule has 0 aromatic heterocycles. The summed E-state index contributed by atoms with van der Waals surface area (Å²) in [5, 5.41) is 9.78. The number of likely N-dealkylation sites (tertiary alicyclic amines) is 1. The highest BCUT2D eigenvalue weighted by molar-refractivity contribution is 5.99. The van der Waals surface area contributed by atoms with Crippen molar-refractivity contribution in [3.63, 3.8) is 0 Å². The largest absolute Gasteiger partial charge is 0.395 e. The molecule has 1 aromatic carbocycles. The minimum Gasteiger partial charge on any atom is -0.395 e. The lowest BCUT2D eigenvalue weighted by molar-refractivity contribution is -0.149. The number of benzene rings is 1. The Morgan fingerprint density at radius 2 is 1.86 bits per heavy atom. The fourth-order valence-electron chi connectivity index (χ4n) is 6.47. The van der Waals surface area contributed by atoms with Crippen LogP contribution in [0.1, 0.15) is 32.3 Å². The van der Waals surface area contributed by atoms with Gasteiger partial charge in [0.2, 0.25) is 17.7 Å². The lowest BCUT2D eigenvalue weighted by atomic mass is 9.77. The summed E-state index contributed by atoms with van der Waals surface area (Å²) in [6.07, 6.45) is 8.75. The highest BCUT2D eigenvalue weighted by Gasteiger charge is 2.71.